The minimum atomic E-state index is 0.249. The molecule has 0 amide bonds. The quantitative estimate of drug-likeness (QED) is 0.733. The van der Waals surface area contributed by atoms with E-state index in [-0.39, 0.29) is 6.10 Å². The monoisotopic (exact) mass is 329 g/mol. The molecule has 0 saturated heterocycles. The van der Waals surface area contributed by atoms with Crippen LogP contribution in [0.2, 0.25) is 0 Å². The van der Waals surface area contributed by atoms with Gasteiger partial charge in [0.15, 0.2) is 0 Å². The highest BCUT2D eigenvalue weighted by molar-refractivity contribution is 9.10. The number of nitrogens with one attached hydrogen (secondary N) is 1. The summed E-state index contributed by atoms with van der Waals surface area (Å²) in [4.78, 5) is 0. The van der Waals surface area contributed by atoms with Crippen molar-refractivity contribution in [3.05, 3.63) is 28.2 Å². The van der Waals surface area contributed by atoms with Gasteiger partial charge in [-0.3, -0.25) is 0 Å². The topological polar surface area (TPSA) is 30.5 Å². The summed E-state index contributed by atoms with van der Waals surface area (Å²) in [6, 6.07) is 6.44. The first-order valence-electron chi connectivity index (χ1n) is 6.81. The van der Waals surface area contributed by atoms with Crippen molar-refractivity contribution in [3.63, 3.8) is 0 Å². The SMILES string of the molecule is CCNC(C)c1ccc(OCCOC(C)C)cc1Br. The van der Waals surface area contributed by atoms with Crippen LogP contribution < -0.4 is 10.1 Å². The molecule has 0 fully saturated rings. The van der Waals surface area contributed by atoms with E-state index in [4.69, 9.17) is 9.47 Å². The molecule has 108 valence electrons. The Balaban J connectivity index is 2.52. The number of halogens is 1. The van der Waals surface area contributed by atoms with Gasteiger partial charge in [0.1, 0.15) is 12.4 Å². The minimum Gasteiger partial charge on any atom is -0.491 e. The predicted molar refractivity (Wildman–Crippen MR) is 82.8 cm³/mol. The van der Waals surface area contributed by atoms with E-state index in [0.717, 1.165) is 16.8 Å². The van der Waals surface area contributed by atoms with Crippen molar-refractivity contribution < 1.29 is 9.47 Å². The molecule has 0 heterocycles. The highest BCUT2D eigenvalue weighted by Gasteiger charge is 2.09. The van der Waals surface area contributed by atoms with Crippen LogP contribution in [0.3, 0.4) is 0 Å². The summed E-state index contributed by atoms with van der Waals surface area (Å²) in [6.45, 7) is 10.5. The average Bonchev–Trinajstić information content (AvgIpc) is 2.34. The molecular weight excluding hydrogens is 306 g/mol. The second-order valence-corrected chi connectivity index (χ2v) is 5.59. The van der Waals surface area contributed by atoms with Crippen LogP contribution >= 0.6 is 15.9 Å². The van der Waals surface area contributed by atoms with Crippen LogP contribution in [0.25, 0.3) is 0 Å². The summed E-state index contributed by atoms with van der Waals surface area (Å²) in [5, 5.41) is 3.40. The summed E-state index contributed by atoms with van der Waals surface area (Å²) in [5.41, 5.74) is 1.24. The van der Waals surface area contributed by atoms with Crippen LogP contribution in [-0.4, -0.2) is 25.9 Å². The third-order valence-electron chi connectivity index (χ3n) is 2.75. The summed E-state index contributed by atoms with van der Waals surface area (Å²) in [7, 11) is 0. The first-order chi connectivity index (χ1) is 9.04. The first-order valence-corrected chi connectivity index (χ1v) is 7.61. The second kappa shape index (κ2) is 8.56. The van der Waals surface area contributed by atoms with E-state index in [1.54, 1.807) is 0 Å². The van der Waals surface area contributed by atoms with E-state index in [9.17, 15) is 0 Å². The number of hydrogen-bond donors (Lipinski definition) is 1. The van der Waals surface area contributed by atoms with Crippen molar-refractivity contribution in [2.24, 2.45) is 0 Å². The lowest BCUT2D eigenvalue weighted by Crippen LogP contribution is -2.18. The fourth-order valence-electron chi connectivity index (χ4n) is 1.81. The molecule has 1 aromatic rings. The molecule has 1 unspecified atom stereocenters. The molecular formula is C15H24BrNO2. The molecule has 1 aromatic carbocycles. The molecule has 0 saturated carbocycles. The van der Waals surface area contributed by atoms with Crippen molar-refractivity contribution in [2.75, 3.05) is 19.8 Å². The van der Waals surface area contributed by atoms with Gasteiger partial charge in [-0.1, -0.05) is 28.9 Å². The van der Waals surface area contributed by atoms with Gasteiger partial charge in [-0.2, -0.15) is 0 Å². The lowest BCUT2D eigenvalue weighted by molar-refractivity contribution is 0.0552. The molecule has 0 aromatic heterocycles. The molecule has 3 nitrogen and oxygen atoms in total. The molecule has 4 heteroatoms. The van der Waals surface area contributed by atoms with Crippen LogP contribution in [0.15, 0.2) is 22.7 Å². The smallest absolute Gasteiger partial charge is 0.120 e. The molecule has 19 heavy (non-hydrogen) atoms. The molecule has 0 aliphatic heterocycles. The van der Waals surface area contributed by atoms with E-state index >= 15 is 0 Å². The fourth-order valence-corrected chi connectivity index (χ4v) is 2.51. The molecule has 1 N–H and O–H groups in total. The number of ether oxygens (including phenoxy) is 2. The van der Waals surface area contributed by atoms with Crippen molar-refractivity contribution in [1.82, 2.24) is 5.32 Å². The average molecular weight is 330 g/mol. The predicted octanol–water partition coefficient (Wildman–Crippen LogP) is 3.92. The standard InChI is InChI=1S/C15H24BrNO2/c1-5-17-12(4)14-7-6-13(10-15(14)16)19-9-8-18-11(2)3/h6-7,10-12,17H,5,8-9H2,1-4H3. The van der Waals surface area contributed by atoms with Gasteiger partial charge >= 0.3 is 0 Å². The van der Waals surface area contributed by atoms with Gasteiger partial charge in [0.2, 0.25) is 0 Å². The Hall–Kier alpha value is -0.580. The Kier molecular flexibility index (Phi) is 7.42. The maximum atomic E-state index is 5.66. The van der Waals surface area contributed by atoms with Gasteiger partial charge in [0.25, 0.3) is 0 Å². The summed E-state index contributed by atoms with van der Waals surface area (Å²) in [5.74, 6) is 0.867. The maximum Gasteiger partial charge on any atom is 0.120 e. The third-order valence-corrected chi connectivity index (χ3v) is 3.44. The van der Waals surface area contributed by atoms with E-state index < -0.39 is 0 Å². The number of rotatable bonds is 8. The molecule has 1 rings (SSSR count). The van der Waals surface area contributed by atoms with Crippen LogP contribution in [0.4, 0.5) is 0 Å². The van der Waals surface area contributed by atoms with Gasteiger partial charge in [-0.05, 0) is 45.0 Å². The Morgan fingerprint density at radius 1 is 1.21 bits per heavy atom. The molecule has 0 radical (unpaired) electrons. The number of hydrogen-bond acceptors (Lipinski definition) is 3. The minimum absolute atomic E-state index is 0.249. The Bertz CT molecular complexity index is 382. The molecule has 0 bridgehead atoms. The lowest BCUT2D eigenvalue weighted by Gasteiger charge is -2.16. The molecule has 0 aliphatic carbocycles. The van der Waals surface area contributed by atoms with Crippen LogP contribution in [0.1, 0.15) is 39.3 Å². The largest absolute Gasteiger partial charge is 0.491 e. The van der Waals surface area contributed by atoms with E-state index in [2.05, 4.69) is 41.2 Å². The summed E-state index contributed by atoms with van der Waals surface area (Å²) >= 11 is 3.60. The van der Waals surface area contributed by atoms with Crippen molar-refractivity contribution in [3.8, 4) is 5.75 Å². The molecule has 0 spiro atoms. The van der Waals surface area contributed by atoms with Gasteiger partial charge in [-0.15, -0.1) is 0 Å². The van der Waals surface area contributed by atoms with Crippen LogP contribution in [-0.2, 0) is 4.74 Å². The zero-order chi connectivity index (χ0) is 14.3. The van der Waals surface area contributed by atoms with E-state index in [1.165, 1.54) is 5.56 Å². The third kappa shape index (κ3) is 5.93. The second-order valence-electron chi connectivity index (χ2n) is 4.73. The molecule has 1 atom stereocenters. The van der Waals surface area contributed by atoms with Crippen molar-refractivity contribution >= 4 is 15.9 Å². The van der Waals surface area contributed by atoms with E-state index in [1.807, 2.05) is 26.0 Å². The van der Waals surface area contributed by atoms with Gasteiger partial charge in [0.05, 0.1) is 12.7 Å². The summed E-state index contributed by atoms with van der Waals surface area (Å²) in [6.07, 6.45) is 0.249. The highest BCUT2D eigenvalue weighted by Crippen LogP contribution is 2.27. The molecule has 0 aliphatic rings. The van der Waals surface area contributed by atoms with Gasteiger partial charge in [0, 0.05) is 10.5 Å². The van der Waals surface area contributed by atoms with Crippen molar-refractivity contribution in [2.45, 2.75) is 39.8 Å². The van der Waals surface area contributed by atoms with Crippen molar-refractivity contribution in [1.29, 1.82) is 0 Å². The Labute approximate surface area is 124 Å². The van der Waals surface area contributed by atoms with Gasteiger partial charge in [-0.25, -0.2) is 0 Å². The van der Waals surface area contributed by atoms with E-state index in [0.29, 0.717) is 19.3 Å². The van der Waals surface area contributed by atoms with Crippen LogP contribution in [0.5, 0.6) is 5.75 Å². The zero-order valence-corrected chi connectivity index (χ0v) is 13.8. The Morgan fingerprint density at radius 3 is 2.53 bits per heavy atom. The Morgan fingerprint density at radius 2 is 1.95 bits per heavy atom. The van der Waals surface area contributed by atoms with Crippen LogP contribution in [0, 0.1) is 0 Å². The normalized spacial score (nSPS) is 12.7. The maximum absolute atomic E-state index is 5.66. The fraction of sp³-hybridized carbons (Fsp3) is 0.600. The number of benzene rings is 1. The summed E-state index contributed by atoms with van der Waals surface area (Å²) < 4.78 is 12.2. The zero-order valence-electron chi connectivity index (χ0n) is 12.2. The lowest BCUT2D eigenvalue weighted by atomic mass is 10.1. The first kappa shape index (κ1) is 16.5. The highest BCUT2D eigenvalue weighted by atomic mass is 79.9. The van der Waals surface area contributed by atoms with Gasteiger partial charge < -0.3 is 14.8 Å².